The zero-order valence-electron chi connectivity index (χ0n) is 14.7. The zero-order valence-corrected chi connectivity index (χ0v) is 15.5. The van der Waals surface area contributed by atoms with E-state index in [0.717, 1.165) is 17.8 Å². The van der Waals surface area contributed by atoms with Crippen LogP contribution < -0.4 is 5.32 Å². The van der Waals surface area contributed by atoms with E-state index in [1.165, 1.54) is 38.6 Å². The van der Waals surface area contributed by atoms with Crippen LogP contribution in [0.1, 0.15) is 66.7 Å². The Morgan fingerprint density at radius 1 is 1.14 bits per heavy atom. The van der Waals surface area contributed by atoms with Crippen molar-refractivity contribution >= 4 is 11.8 Å². The minimum atomic E-state index is 0.442. The second kappa shape index (κ2) is 7.70. The average molecular weight is 314 g/mol. The van der Waals surface area contributed by atoms with Gasteiger partial charge in [0.25, 0.3) is 0 Å². The van der Waals surface area contributed by atoms with Gasteiger partial charge in [-0.05, 0) is 56.9 Å². The first-order valence-electron chi connectivity index (χ1n) is 8.92. The molecule has 1 N–H and O–H groups in total. The molecule has 1 aliphatic carbocycles. The molecule has 5 atom stereocenters. The van der Waals surface area contributed by atoms with E-state index >= 15 is 0 Å². The van der Waals surface area contributed by atoms with Gasteiger partial charge in [0, 0.05) is 23.1 Å². The maximum Gasteiger partial charge on any atom is 0.0666 e. The van der Waals surface area contributed by atoms with E-state index in [1.54, 1.807) is 0 Å². The number of hydrogen-bond acceptors (Lipinski definition) is 3. The largest absolute Gasteiger partial charge is 0.377 e. The van der Waals surface area contributed by atoms with Crippen molar-refractivity contribution in [2.75, 3.05) is 13.2 Å². The van der Waals surface area contributed by atoms with E-state index in [9.17, 15) is 0 Å². The molecule has 0 aromatic rings. The summed E-state index contributed by atoms with van der Waals surface area (Å²) in [7, 11) is 0. The lowest BCUT2D eigenvalue weighted by Crippen LogP contribution is -2.46. The van der Waals surface area contributed by atoms with Gasteiger partial charge in [-0.25, -0.2) is 0 Å². The minimum Gasteiger partial charge on any atom is -0.377 e. The van der Waals surface area contributed by atoms with E-state index in [4.69, 9.17) is 4.74 Å². The molecule has 0 aromatic carbocycles. The molecular formula is C18H35NOS. The number of hydrogen-bond donors (Lipinski definition) is 1. The van der Waals surface area contributed by atoms with Crippen molar-refractivity contribution in [2.45, 2.75) is 89.4 Å². The second-order valence-electron chi connectivity index (χ2n) is 8.01. The summed E-state index contributed by atoms with van der Waals surface area (Å²) in [5.74, 6) is 0.868. The first kappa shape index (κ1) is 17.6. The van der Waals surface area contributed by atoms with Crippen LogP contribution in [0.25, 0.3) is 0 Å². The summed E-state index contributed by atoms with van der Waals surface area (Å²) < 4.78 is 5.78. The van der Waals surface area contributed by atoms with Crippen LogP contribution in [0.2, 0.25) is 0 Å². The molecule has 5 unspecified atom stereocenters. The SMILES string of the molecule is CCCNC1CCC(C(C)(C)C)CC1SC1CCOC1C. The molecule has 0 aromatic heterocycles. The third kappa shape index (κ3) is 4.87. The van der Waals surface area contributed by atoms with Gasteiger partial charge >= 0.3 is 0 Å². The molecule has 2 nitrogen and oxygen atoms in total. The zero-order chi connectivity index (χ0) is 15.5. The van der Waals surface area contributed by atoms with Gasteiger partial charge in [0.05, 0.1) is 6.10 Å². The average Bonchev–Trinajstić information content (AvgIpc) is 2.82. The molecule has 1 aliphatic heterocycles. The van der Waals surface area contributed by atoms with Crippen LogP contribution in [0.15, 0.2) is 0 Å². The van der Waals surface area contributed by atoms with Gasteiger partial charge in [0.2, 0.25) is 0 Å². The Bertz CT molecular complexity index is 313. The van der Waals surface area contributed by atoms with Crippen molar-refractivity contribution < 1.29 is 4.74 Å². The number of ether oxygens (including phenoxy) is 1. The summed E-state index contributed by atoms with van der Waals surface area (Å²) in [6.07, 6.45) is 7.03. The topological polar surface area (TPSA) is 21.3 Å². The van der Waals surface area contributed by atoms with E-state index < -0.39 is 0 Å². The van der Waals surface area contributed by atoms with E-state index in [2.05, 4.69) is 51.7 Å². The van der Waals surface area contributed by atoms with Crippen LogP contribution in [0.4, 0.5) is 0 Å². The molecule has 1 heterocycles. The molecule has 0 spiro atoms. The highest BCUT2D eigenvalue weighted by Crippen LogP contribution is 2.44. The highest BCUT2D eigenvalue weighted by molar-refractivity contribution is 8.00. The van der Waals surface area contributed by atoms with Crippen molar-refractivity contribution in [3.05, 3.63) is 0 Å². The van der Waals surface area contributed by atoms with Crippen molar-refractivity contribution in [1.29, 1.82) is 0 Å². The van der Waals surface area contributed by atoms with Crippen molar-refractivity contribution in [2.24, 2.45) is 11.3 Å². The molecule has 1 saturated heterocycles. The molecule has 124 valence electrons. The maximum absolute atomic E-state index is 5.78. The second-order valence-corrected chi connectivity index (χ2v) is 9.50. The molecule has 1 saturated carbocycles. The third-order valence-electron chi connectivity index (χ3n) is 5.33. The Morgan fingerprint density at radius 3 is 2.48 bits per heavy atom. The Balaban J connectivity index is 1.98. The lowest BCUT2D eigenvalue weighted by molar-refractivity contribution is 0.127. The molecule has 2 fully saturated rings. The lowest BCUT2D eigenvalue weighted by atomic mass is 9.71. The van der Waals surface area contributed by atoms with Crippen LogP contribution in [0.3, 0.4) is 0 Å². The standard InChI is InChI=1S/C18H35NOS/c1-6-10-19-15-8-7-14(18(3,4)5)12-17(15)21-16-9-11-20-13(16)2/h13-17,19H,6-12H2,1-5H3. The molecular weight excluding hydrogens is 278 g/mol. The van der Waals surface area contributed by atoms with Gasteiger partial charge in [-0.15, -0.1) is 0 Å². The van der Waals surface area contributed by atoms with Crippen LogP contribution in [0.5, 0.6) is 0 Å². The fraction of sp³-hybridized carbons (Fsp3) is 1.00. The van der Waals surface area contributed by atoms with Gasteiger partial charge < -0.3 is 10.1 Å². The van der Waals surface area contributed by atoms with Gasteiger partial charge in [-0.2, -0.15) is 11.8 Å². The van der Waals surface area contributed by atoms with Gasteiger partial charge in [-0.1, -0.05) is 27.7 Å². The Labute approximate surface area is 136 Å². The van der Waals surface area contributed by atoms with Crippen LogP contribution in [-0.2, 0) is 4.74 Å². The van der Waals surface area contributed by atoms with Crippen molar-refractivity contribution in [3.63, 3.8) is 0 Å². The molecule has 0 radical (unpaired) electrons. The molecule has 0 amide bonds. The normalized spacial score (nSPS) is 37.9. The molecule has 2 rings (SSSR count). The van der Waals surface area contributed by atoms with Gasteiger partial charge in [0.1, 0.15) is 0 Å². The van der Waals surface area contributed by atoms with Gasteiger partial charge in [-0.3, -0.25) is 0 Å². The van der Waals surface area contributed by atoms with E-state index in [1.807, 2.05) is 0 Å². The number of rotatable bonds is 5. The van der Waals surface area contributed by atoms with Gasteiger partial charge in [0.15, 0.2) is 0 Å². The maximum atomic E-state index is 5.78. The lowest BCUT2D eigenvalue weighted by Gasteiger charge is -2.43. The highest BCUT2D eigenvalue weighted by Gasteiger charge is 2.38. The molecule has 21 heavy (non-hydrogen) atoms. The van der Waals surface area contributed by atoms with Crippen molar-refractivity contribution in [1.82, 2.24) is 5.32 Å². The third-order valence-corrected chi connectivity index (χ3v) is 7.17. The van der Waals surface area contributed by atoms with Crippen LogP contribution in [-0.4, -0.2) is 35.8 Å². The van der Waals surface area contributed by atoms with E-state index in [-0.39, 0.29) is 0 Å². The summed E-state index contributed by atoms with van der Waals surface area (Å²) >= 11 is 2.23. The first-order chi connectivity index (χ1) is 9.91. The molecule has 0 bridgehead atoms. The predicted molar refractivity (Wildman–Crippen MR) is 94.1 cm³/mol. The monoisotopic (exact) mass is 313 g/mol. The van der Waals surface area contributed by atoms with Crippen LogP contribution in [0, 0.1) is 11.3 Å². The summed E-state index contributed by atoms with van der Waals surface area (Å²) in [4.78, 5) is 0. The Kier molecular flexibility index (Phi) is 6.46. The Hall–Kier alpha value is 0.270. The fourth-order valence-electron chi connectivity index (χ4n) is 3.74. The highest BCUT2D eigenvalue weighted by atomic mass is 32.2. The summed E-state index contributed by atoms with van der Waals surface area (Å²) in [5.41, 5.74) is 0.451. The number of thioether (sulfide) groups is 1. The minimum absolute atomic E-state index is 0.442. The predicted octanol–water partition coefficient (Wildman–Crippen LogP) is 4.48. The summed E-state index contributed by atoms with van der Waals surface area (Å²) in [6, 6.07) is 0.710. The Morgan fingerprint density at radius 2 is 1.90 bits per heavy atom. The molecule has 3 heteroatoms. The van der Waals surface area contributed by atoms with E-state index in [0.29, 0.717) is 22.8 Å². The van der Waals surface area contributed by atoms with Crippen LogP contribution >= 0.6 is 11.8 Å². The number of nitrogens with one attached hydrogen (secondary N) is 1. The smallest absolute Gasteiger partial charge is 0.0666 e. The summed E-state index contributed by atoms with van der Waals surface area (Å²) in [6.45, 7) is 13.9. The first-order valence-corrected chi connectivity index (χ1v) is 9.86. The quantitative estimate of drug-likeness (QED) is 0.808. The molecule has 2 aliphatic rings. The summed E-state index contributed by atoms with van der Waals surface area (Å²) in [5, 5.41) is 5.30. The fourth-order valence-corrected chi connectivity index (χ4v) is 5.49. The van der Waals surface area contributed by atoms with Crippen molar-refractivity contribution in [3.8, 4) is 0 Å².